The molecular weight excluding hydrogens is 278 g/mol. The molecule has 2 rings (SSSR count). The lowest BCUT2D eigenvalue weighted by Crippen LogP contribution is -2.13. The van der Waals surface area contributed by atoms with Crippen molar-refractivity contribution in [3.05, 3.63) is 47.4 Å². The Morgan fingerprint density at radius 1 is 1.20 bits per heavy atom. The molecule has 0 bridgehead atoms. The van der Waals surface area contributed by atoms with Gasteiger partial charge in [0.25, 0.3) is 0 Å². The number of halogens is 1. The number of ether oxygens (including phenoxy) is 2. The summed E-state index contributed by atoms with van der Waals surface area (Å²) in [7, 11) is 1.59. The molecule has 2 aromatic rings. The van der Waals surface area contributed by atoms with Gasteiger partial charge in [0.2, 0.25) is 0 Å². The molecule has 0 radical (unpaired) electrons. The SMILES string of the molecule is COCc1nc(Cl)cc(NCCOc2ccccc2)n1. The van der Waals surface area contributed by atoms with E-state index in [1.807, 2.05) is 30.3 Å². The molecule has 0 aliphatic rings. The average molecular weight is 294 g/mol. The number of rotatable bonds is 7. The van der Waals surface area contributed by atoms with Crippen molar-refractivity contribution >= 4 is 17.4 Å². The van der Waals surface area contributed by atoms with Crippen LogP contribution in [0.25, 0.3) is 0 Å². The molecule has 6 heteroatoms. The first kappa shape index (κ1) is 14.6. The van der Waals surface area contributed by atoms with Gasteiger partial charge in [-0.1, -0.05) is 29.8 Å². The zero-order valence-corrected chi connectivity index (χ0v) is 11.9. The second kappa shape index (κ2) is 7.67. The predicted octanol–water partition coefficient (Wildman–Crippen LogP) is 2.77. The molecule has 0 amide bonds. The standard InChI is InChI=1S/C14H16ClN3O2/c1-19-10-14-17-12(15)9-13(18-14)16-7-8-20-11-5-3-2-4-6-11/h2-6,9H,7-8,10H2,1H3,(H,16,17,18). The van der Waals surface area contributed by atoms with Crippen molar-refractivity contribution in [2.45, 2.75) is 6.61 Å². The average Bonchev–Trinajstić information content (AvgIpc) is 2.45. The molecule has 0 saturated carbocycles. The van der Waals surface area contributed by atoms with Crippen LogP contribution in [0.3, 0.4) is 0 Å². The number of hydrogen-bond acceptors (Lipinski definition) is 5. The van der Waals surface area contributed by atoms with Gasteiger partial charge in [-0.25, -0.2) is 9.97 Å². The van der Waals surface area contributed by atoms with Gasteiger partial charge in [-0.15, -0.1) is 0 Å². The number of anilines is 1. The van der Waals surface area contributed by atoms with Crippen LogP contribution in [-0.4, -0.2) is 30.2 Å². The van der Waals surface area contributed by atoms with E-state index < -0.39 is 0 Å². The van der Waals surface area contributed by atoms with Crippen LogP contribution in [0, 0.1) is 0 Å². The lowest BCUT2D eigenvalue weighted by Gasteiger charge is -2.09. The molecule has 20 heavy (non-hydrogen) atoms. The van der Waals surface area contributed by atoms with Gasteiger partial charge in [0.15, 0.2) is 5.82 Å². The van der Waals surface area contributed by atoms with E-state index in [2.05, 4.69) is 15.3 Å². The van der Waals surface area contributed by atoms with Gasteiger partial charge in [0.1, 0.15) is 29.9 Å². The topological polar surface area (TPSA) is 56.3 Å². The largest absolute Gasteiger partial charge is 0.492 e. The molecule has 1 N–H and O–H groups in total. The van der Waals surface area contributed by atoms with Crippen molar-refractivity contribution in [2.24, 2.45) is 0 Å². The zero-order chi connectivity index (χ0) is 14.2. The van der Waals surface area contributed by atoms with Crippen molar-refractivity contribution in [1.82, 2.24) is 9.97 Å². The Labute approximate surface area is 122 Å². The highest BCUT2D eigenvalue weighted by atomic mass is 35.5. The summed E-state index contributed by atoms with van der Waals surface area (Å²) < 4.78 is 10.6. The van der Waals surface area contributed by atoms with Crippen LogP contribution in [0.15, 0.2) is 36.4 Å². The Bertz CT molecular complexity index is 537. The van der Waals surface area contributed by atoms with E-state index in [0.717, 1.165) is 5.75 Å². The van der Waals surface area contributed by atoms with Crippen molar-refractivity contribution < 1.29 is 9.47 Å². The van der Waals surface area contributed by atoms with Crippen molar-refractivity contribution in [3.63, 3.8) is 0 Å². The molecule has 0 unspecified atom stereocenters. The van der Waals surface area contributed by atoms with Gasteiger partial charge < -0.3 is 14.8 Å². The van der Waals surface area contributed by atoms with E-state index in [-0.39, 0.29) is 0 Å². The highest BCUT2D eigenvalue weighted by Gasteiger charge is 2.02. The molecule has 0 saturated heterocycles. The predicted molar refractivity (Wildman–Crippen MR) is 78.2 cm³/mol. The van der Waals surface area contributed by atoms with Gasteiger partial charge in [-0.2, -0.15) is 0 Å². The third-order valence-electron chi connectivity index (χ3n) is 2.43. The van der Waals surface area contributed by atoms with Crippen LogP contribution < -0.4 is 10.1 Å². The quantitative estimate of drug-likeness (QED) is 0.628. The fourth-order valence-corrected chi connectivity index (χ4v) is 1.81. The summed E-state index contributed by atoms with van der Waals surface area (Å²) in [6.07, 6.45) is 0. The smallest absolute Gasteiger partial charge is 0.158 e. The molecule has 0 aliphatic heterocycles. The van der Waals surface area contributed by atoms with E-state index in [1.54, 1.807) is 13.2 Å². The minimum atomic E-state index is 0.329. The highest BCUT2D eigenvalue weighted by molar-refractivity contribution is 6.29. The minimum absolute atomic E-state index is 0.329. The van der Waals surface area contributed by atoms with E-state index >= 15 is 0 Å². The van der Waals surface area contributed by atoms with Crippen LogP contribution in [0.2, 0.25) is 5.15 Å². The Morgan fingerprint density at radius 3 is 2.75 bits per heavy atom. The lowest BCUT2D eigenvalue weighted by molar-refractivity contribution is 0.178. The number of hydrogen-bond donors (Lipinski definition) is 1. The molecule has 1 heterocycles. The molecular formula is C14H16ClN3O2. The summed E-state index contributed by atoms with van der Waals surface area (Å²) in [6, 6.07) is 11.3. The van der Waals surface area contributed by atoms with Crippen LogP contribution >= 0.6 is 11.6 Å². The van der Waals surface area contributed by atoms with Crippen molar-refractivity contribution in [3.8, 4) is 5.75 Å². The summed E-state index contributed by atoms with van der Waals surface area (Å²) in [5, 5.41) is 3.53. The summed E-state index contributed by atoms with van der Waals surface area (Å²) in [5.74, 6) is 2.05. The first-order valence-electron chi connectivity index (χ1n) is 6.22. The lowest BCUT2D eigenvalue weighted by atomic mass is 10.3. The monoisotopic (exact) mass is 293 g/mol. The third kappa shape index (κ3) is 4.68. The maximum absolute atomic E-state index is 5.92. The first-order chi connectivity index (χ1) is 9.78. The molecule has 0 aliphatic carbocycles. The normalized spacial score (nSPS) is 10.3. The molecule has 0 atom stereocenters. The summed E-state index contributed by atoms with van der Waals surface area (Å²) in [4.78, 5) is 8.34. The molecule has 1 aromatic heterocycles. The Hall–Kier alpha value is -1.85. The number of para-hydroxylation sites is 1. The second-order valence-corrected chi connectivity index (χ2v) is 4.40. The maximum Gasteiger partial charge on any atom is 0.158 e. The second-order valence-electron chi connectivity index (χ2n) is 4.01. The molecule has 106 valence electrons. The van der Waals surface area contributed by atoms with Gasteiger partial charge in [0, 0.05) is 13.2 Å². The fraction of sp³-hybridized carbons (Fsp3) is 0.286. The number of nitrogens with one attached hydrogen (secondary N) is 1. The van der Waals surface area contributed by atoms with Crippen LogP contribution in [-0.2, 0) is 11.3 Å². The van der Waals surface area contributed by atoms with Gasteiger partial charge in [-0.3, -0.25) is 0 Å². The highest BCUT2D eigenvalue weighted by Crippen LogP contribution is 2.12. The summed E-state index contributed by atoms with van der Waals surface area (Å²) >= 11 is 5.92. The molecule has 0 fully saturated rings. The number of benzene rings is 1. The fourth-order valence-electron chi connectivity index (χ4n) is 1.61. The number of nitrogens with zero attached hydrogens (tertiary/aromatic N) is 2. The van der Waals surface area contributed by atoms with E-state index in [4.69, 9.17) is 21.1 Å². The van der Waals surface area contributed by atoms with Crippen LogP contribution in [0.1, 0.15) is 5.82 Å². The number of methoxy groups -OCH3 is 1. The maximum atomic E-state index is 5.92. The Balaban J connectivity index is 1.81. The number of aromatic nitrogens is 2. The zero-order valence-electron chi connectivity index (χ0n) is 11.2. The minimum Gasteiger partial charge on any atom is -0.492 e. The van der Waals surface area contributed by atoms with E-state index in [0.29, 0.717) is 36.6 Å². The molecule has 5 nitrogen and oxygen atoms in total. The Kier molecular flexibility index (Phi) is 5.58. The van der Waals surface area contributed by atoms with Crippen molar-refractivity contribution in [1.29, 1.82) is 0 Å². The third-order valence-corrected chi connectivity index (χ3v) is 2.63. The Morgan fingerprint density at radius 2 is 2.00 bits per heavy atom. The van der Waals surface area contributed by atoms with Crippen LogP contribution in [0.5, 0.6) is 5.75 Å². The van der Waals surface area contributed by atoms with Crippen LogP contribution in [0.4, 0.5) is 5.82 Å². The summed E-state index contributed by atoms with van der Waals surface area (Å²) in [6.45, 7) is 1.48. The summed E-state index contributed by atoms with van der Waals surface area (Å²) in [5.41, 5.74) is 0. The van der Waals surface area contributed by atoms with Gasteiger partial charge in [-0.05, 0) is 12.1 Å². The first-order valence-corrected chi connectivity index (χ1v) is 6.60. The van der Waals surface area contributed by atoms with Gasteiger partial charge in [0.05, 0.1) is 6.54 Å². The molecule has 0 spiro atoms. The van der Waals surface area contributed by atoms with E-state index in [1.165, 1.54) is 0 Å². The van der Waals surface area contributed by atoms with E-state index in [9.17, 15) is 0 Å². The molecule has 1 aromatic carbocycles. The van der Waals surface area contributed by atoms with Gasteiger partial charge >= 0.3 is 0 Å². The van der Waals surface area contributed by atoms with Crippen molar-refractivity contribution in [2.75, 3.05) is 25.6 Å².